The van der Waals surface area contributed by atoms with E-state index in [2.05, 4.69) is 4.98 Å². The van der Waals surface area contributed by atoms with E-state index in [1.807, 2.05) is 29.9 Å². The van der Waals surface area contributed by atoms with Crippen LogP contribution in [0.4, 0.5) is 5.69 Å². The minimum absolute atomic E-state index is 0.569. The van der Waals surface area contributed by atoms with Crippen molar-refractivity contribution in [3.63, 3.8) is 0 Å². The van der Waals surface area contributed by atoms with E-state index in [4.69, 9.17) is 5.11 Å². The number of carboxylic acid groups (broad SMARTS) is 1. The van der Waals surface area contributed by atoms with E-state index in [-0.39, 0.29) is 0 Å². The molecule has 5 nitrogen and oxygen atoms in total. The van der Waals surface area contributed by atoms with Crippen LogP contribution in [-0.2, 0) is 11.8 Å². The number of anilines is 1. The molecule has 2 aromatic heterocycles. The Hall–Kier alpha value is -2.04. The average Bonchev–Trinajstić information content (AvgIpc) is 2.69. The second-order valence-corrected chi connectivity index (χ2v) is 4.12. The van der Waals surface area contributed by atoms with Crippen molar-refractivity contribution in [2.24, 2.45) is 7.05 Å². The zero-order valence-electron chi connectivity index (χ0n) is 10.1. The maximum absolute atomic E-state index is 11.0. The highest BCUT2D eigenvalue weighted by Crippen LogP contribution is 2.26. The fourth-order valence-electron chi connectivity index (χ4n) is 1.83. The first-order valence-corrected chi connectivity index (χ1v) is 5.38. The van der Waals surface area contributed by atoms with Crippen LogP contribution in [0.5, 0.6) is 0 Å². The maximum Gasteiger partial charge on any atom is 0.326 e. The fourth-order valence-corrected chi connectivity index (χ4v) is 1.83. The summed E-state index contributed by atoms with van der Waals surface area (Å²) in [5, 5.41) is 9.99. The number of aryl methyl sites for hydroxylation is 1. The number of hydrogen-bond acceptors (Lipinski definition) is 3. The SMILES string of the molecule is CC(C(=O)O)N(C)c1ccnc2c1ccn2C. The van der Waals surface area contributed by atoms with Gasteiger partial charge in [0.15, 0.2) is 0 Å². The molecule has 2 rings (SSSR count). The number of nitrogens with zero attached hydrogens (tertiary/aromatic N) is 3. The molecule has 17 heavy (non-hydrogen) atoms. The molecule has 2 aromatic rings. The Kier molecular flexibility index (Phi) is 2.75. The average molecular weight is 233 g/mol. The van der Waals surface area contributed by atoms with Crippen LogP contribution in [0, 0.1) is 0 Å². The van der Waals surface area contributed by atoms with Crippen molar-refractivity contribution < 1.29 is 9.90 Å². The van der Waals surface area contributed by atoms with Crippen molar-refractivity contribution in [3.8, 4) is 0 Å². The van der Waals surface area contributed by atoms with Gasteiger partial charge in [-0.25, -0.2) is 9.78 Å². The topological polar surface area (TPSA) is 58.4 Å². The molecule has 0 saturated heterocycles. The lowest BCUT2D eigenvalue weighted by Gasteiger charge is -2.24. The first-order chi connectivity index (χ1) is 8.02. The Bertz CT molecular complexity index is 562. The zero-order valence-corrected chi connectivity index (χ0v) is 10.1. The standard InChI is InChI=1S/C12H15N3O2/c1-8(12(16)17)15(3)10-4-6-13-11-9(10)5-7-14(11)2/h4-8H,1-3H3,(H,16,17). The molecule has 5 heteroatoms. The molecule has 0 amide bonds. The van der Waals surface area contributed by atoms with Crippen LogP contribution in [0.15, 0.2) is 24.5 Å². The third kappa shape index (κ3) is 1.84. The van der Waals surface area contributed by atoms with Crippen LogP contribution in [-0.4, -0.2) is 33.7 Å². The Morgan fingerprint density at radius 2 is 2.24 bits per heavy atom. The minimum atomic E-state index is -0.839. The summed E-state index contributed by atoms with van der Waals surface area (Å²) in [6.07, 6.45) is 3.61. The molecule has 0 aliphatic heterocycles. The molecule has 0 bridgehead atoms. The number of carbonyl (C=O) groups is 1. The van der Waals surface area contributed by atoms with Gasteiger partial charge in [-0.05, 0) is 19.1 Å². The highest BCUT2D eigenvalue weighted by atomic mass is 16.4. The van der Waals surface area contributed by atoms with Crippen molar-refractivity contribution in [2.45, 2.75) is 13.0 Å². The third-order valence-corrected chi connectivity index (χ3v) is 3.06. The van der Waals surface area contributed by atoms with Gasteiger partial charge in [0, 0.05) is 37.6 Å². The third-order valence-electron chi connectivity index (χ3n) is 3.06. The quantitative estimate of drug-likeness (QED) is 0.872. The van der Waals surface area contributed by atoms with Crippen LogP contribution >= 0.6 is 0 Å². The van der Waals surface area contributed by atoms with E-state index in [9.17, 15) is 4.79 Å². The van der Waals surface area contributed by atoms with E-state index in [0.717, 1.165) is 16.7 Å². The van der Waals surface area contributed by atoms with Gasteiger partial charge in [-0.15, -0.1) is 0 Å². The van der Waals surface area contributed by atoms with E-state index < -0.39 is 12.0 Å². The molecule has 0 radical (unpaired) electrons. The monoisotopic (exact) mass is 233 g/mol. The number of aliphatic carboxylic acids is 1. The number of hydrogen-bond donors (Lipinski definition) is 1. The highest BCUT2D eigenvalue weighted by Gasteiger charge is 2.19. The molecule has 90 valence electrons. The van der Waals surface area contributed by atoms with Gasteiger partial charge in [0.25, 0.3) is 0 Å². The first kappa shape index (κ1) is 11.4. The number of rotatable bonds is 3. The molecule has 2 heterocycles. The van der Waals surface area contributed by atoms with Gasteiger partial charge in [0.1, 0.15) is 11.7 Å². The van der Waals surface area contributed by atoms with Crippen LogP contribution in [0.2, 0.25) is 0 Å². The van der Waals surface area contributed by atoms with Gasteiger partial charge in [-0.1, -0.05) is 0 Å². The van der Waals surface area contributed by atoms with Gasteiger partial charge in [0.2, 0.25) is 0 Å². The van der Waals surface area contributed by atoms with Gasteiger partial charge in [-0.2, -0.15) is 0 Å². The van der Waals surface area contributed by atoms with Crippen molar-refractivity contribution in [1.82, 2.24) is 9.55 Å². The molecule has 0 saturated carbocycles. The highest BCUT2D eigenvalue weighted by molar-refractivity contribution is 5.92. The van der Waals surface area contributed by atoms with Gasteiger partial charge in [0.05, 0.1) is 0 Å². The Morgan fingerprint density at radius 3 is 2.88 bits per heavy atom. The second-order valence-electron chi connectivity index (χ2n) is 4.12. The molecule has 1 unspecified atom stereocenters. The molecule has 1 atom stereocenters. The van der Waals surface area contributed by atoms with E-state index >= 15 is 0 Å². The Morgan fingerprint density at radius 1 is 1.53 bits per heavy atom. The van der Waals surface area contributed by atoms with Crippen molar-refractivity contribution in [1.29, 1.82) is 0 Å². The summed E-state index contributed by atoms with van der Waals surface area (Å²) in [5.41, 5.74) is 1.73. The van der Waals surface area contributed by atoms with Gasteiger partial charge in [-0.3, -0.25) is 0 Å². The summed E-state index contributed by atoms with van der Waals surface area (Å²) in [7, 11) is 3.69. The molecule has 0 fully saturated rings. The summed E-state index contributed by atoms with van der Waals surface area (Å²) < 4.78 is 1.91. The molecule has 0 aromatic carbocycles. The number of carboxylic acids is 1. The summed E-state index contributed by atoms with van der Waals surface area (Å²) in [4.78, 5) is 17.0. The second kappa shape index (κ2) is 4.08. The molecule has 0 aliphatic carbocycles. The largest absolute Gasteiger partial charge is 0.480 e. The minimum Gasteiger partial charge on any atom is -0.480 e. The molecule has 0 spiro atoms. The summed E-state index contributed by atoms with van der Waals surface area (Å²) in [6, 6.07) is 3.21. The predicted octanol–water partition coefficient (Wildman–Crippen LogP) is 1.48. The molecule has 0 aliphatic rings. The smallest absolute Gasteiger partial charge is 0.326 e. The van der Waals surface area contributed by atoms with Gasteiger partial charge < -0.3 is 14.6 Å². The van der Waals surface area contributed by atoms with Crippen molar-refractivity contribution >= 4 is 22.7 Å². The van der Waals surface area contributed by atoms with Crippen molar-refractivity contribution in [3.05, 3.63) is 24.5 Å². The van der Waals surface area contributed by atoms with Crippen LogP contribution in [0.3, 0.4) is 0 Å². The lowest BCUT2D eigenvalue weighted by Crippen LogP contribution is -2.35. The summed E-state index contributed by atoms with van der Waals surface area (Å²) in [6.45, 7) is 1.66. The zero-order chi connectivity index (χ0) is 12.6. The maximum atomic E-state index is 11.0. The van der Waals surface area contributed by atoms with E-state index in [1.54, 1.807) is 25.1 Å². The lowest BCUT2D eigenvalue weighted by atomic mass is 10.2. The number of likely N-dealkylation sites (N-methyl/N-ethyl adjacent to an activating group) is 1. The Labute approximate surface area is 99.3 Å². The number of pyridine rings is 1. The van der Waals surface area contributed by atoms with E-state index in [1.165, 1.54) is 0 Å². The molecule has 1 N–H and O–H groups in total. The van der Waals surface area contributed by atoms with Crippen LogP contribution < -0.4 is 4.90 Å². The van der Waals surface area contributed by atoms with Gasteiger partial charge >= 0.3 is 5.97 Å². The van der Waals surface area contributed by atoms with Crippen LogP contribution in [0.25, 0.3) is 11.0 Å². The fraction of sp³-hybridized carbons (Fsp3) is 0.333. The summed E-state index contributed by atoms with van der Waals surface area (Å²) >= 11 is 0. The Balaban J connectivity index is 2.52. The predicted molar refractivity (Wildman–Crippen MR) is 66.2 cm³/mol. The van der Waals surface area contributed by atoms with Crippen LogP contribution in [0.1, 0.15) is 6.92 Å². The number of aromatic nitrogens is 2. The lowest BCUT2D eigenvalue weighted by molar-refractivity contribution is -0.138. The molecular weight excluding hydrogens is 218 g/mol. The summed E-state index contributed by atoms with van der Waals surface area (Å²) in [5.74, 6) is -0.839. The van der Waals surface area contributed by atoms with E-state index in [0.29, 0.717) is 0 Å². The first-order valence-electron chi connectivity index (χ1n) is 5.38. The normalized spacial score (nSPS) is 12.6. The number of fused-ring (bicyclic) bond motifs is 1. The molecular formula is C12H15N3O2. The van der Waals surface area contributed by atoms with Crippen molar-refractivity contribution in [2.75, 3.05) is 11.9 Å².